The van der Waals surface area contributed by atoms with Crippen molar-refractivity contribution in [1.82, 2.24) is 9.88 Å². The number of hydrogen-bond donors (Lipinski definition) is 1. The highest BCUT2D eigenvalue weighted by Crippen LogP contribution is 2.25. The first-order valence-electron chi connectivity index (χ1n) is 8.02. The molecule has 3 rings (SSSR count). The third-order valence-corrected chi connectivity index (χ3v) is 3.94. The number of aryl methyl sites for hydroxylation is 2. The number of benzene rings is 1. The second kappa shape index (κ2) is 6.32. The molecule has 120 valence electrons. The summed E-state index contributed by atoms with van der Waals surface area (Å²) >= 11 is 0. The van der Waals surface area contributed by atoms with Gasteiger partial charge in [0.1, 0.15) is 11.5 Å². The molecule has 0 aliphatic carbocycles. The van der Waals surface area contributed by atoms with Crippen LogP contribution in [0.5, 0.6) is 0 Å². The molecule has 4 nitrogen and oxygen atoms in total. The van der Waals surface area contributed by atoms with Crippen LogP contribution in [-0.2, 0) is 6.54 Å². The van der Waals surface area contributed by atoms with Crippen molar-refractivity contribution < 1.29 is 9.21 Å². The van der Waals surface area contributed by atoms with Crippen LogP contribution in [0.1, 0.15) is 40.7 Å². The van der Waals surface area contributed by atoms with Crippen molar-refractivity contribution in [3.05, 3.63) is 59.0 Å². The van der Waals surface area contributed by atoms with Crippen molar-refractivity contribution >= 4 is 17.0 Å². The Morgan fingerprint density at radius 2 is 1.91 bits per heavy atom. The van der Waals surface area contributed by atoms with E-state index in [1.807, 2.05) is 30.5 Å². The van der Waals surface area contributed by atoms with Gasteiger partial charge in [-0.1, -0.05) is 36.8 Å². The third-order valence-electron chi connectivity index (χ3n) is 3.94. The molecule has 3 aromatic rings. The highest BCUT2D eigenvalue weighted by Gasteiger charge is 2.18. The van der Waals surface area contributed by atoms with E-state index in [9.17, 15) is 4.79 Å². The molecule has 0 atom stereocenters. The molecule has 23 heavy (non-hydrogen) atoms. The summed E-state index contributed by atoms with van der Waals surface area (Å²) in [5.41, 5.74) is 4.76. The predicted molar refractivity (Wildman–Crippen MR) is 91.8 cm³/mol. The van der Waals surface area contributed by atoms with Gasteiger partial charge in [0, 0.05) is 25.2 Å². The Morgan fingerprint density at radius 1 is 1.17 bits per heavy atom. The van der Waals surface area contributed by atoms with E-state index in [2.05, 4.69) is 36.5 Å². The Kier molecular flexibility index (Phi) is 4.24. The number of aromatic nitrogens is 1. The minimum absolute atomic E-state index is 0.0528. The summed E-state index contributed by atoms with van der Waals surface area (Å²) in [5, 5.41) is 2.95. The Bertz CT molecular complexity index is 825. The summed E-state index contributed by atoms with van der Waals surface area (Å²) in [4.78, 5) is 12.4. The number of carbonyl (C=O) groups excluding carboxylic acids is 1. The highest BCUT2D eigenvalue weighted by molar-refractivity contribution is 5.97. The smallest absolute Gasteiger partial charge is 0.268 e. The van der Waals surface area contributed by atoms with Crippen LogP contribution in [0.15, 0.2) is 40.8 Å². The van der Waals surface area contributed by atoms with Gasteiger partial charge in [-0.3, -0.25) is 4.79 Å². The average molecular weight is 310 g/mol. The van der Waals surface area contributed by atoms with Crippen molar-refractivity contribution in [2.45, 2.75) is 33.7 Å². The molecule has 0 aliphatic heterocycles. The van der Waals surface area contributed by atoms with Crippen molar-refractivity contribution in [1.29, 1.82) is 0 Å². The van der Waals surface area contributed by atoms with E-state index in [-0.39, 0.29) is 5.91 Å². The van der Waals surface area contributed by atoms with Gasteiger partial charge in [0.2, 0.25) is 0 Å². The Labute approximate surface area is 136 Å². The number of carbonyl (C=O) groups is 1. The van der Waals surface area contributed by atoms with Gasteiger partial charge in [-0.25, -0.2) is 0 Å². The molecule has 0 saturated carbocycles. The quantitative estimate of drug-likeness (QED) is 0.773. The molecule has 2 heterocycles. The van der Waals surface area contributed by atoms with E-state index < -0.39 is 0 Å². The fraction of sp³-hybridized carbons (Fsp3) is 0.316. The Morgan fingerprint density at radius 3 is 2.61 bits per heavy atom. The summed E-state index contributed by atoms with van der Waals surface area (Å²) in [5.74, 6) is 0.802. The van der Waals surface area contributed by atoms with Crippen LogP contribution in [-0.4, -0.2) is 17.0 Å². The predicted octanol–water partition coefficient (Wildman–Crippen LogP) is 4.04. The van der Waals surface area contributed by atoms with Gasteiger partial charge in [0.25, 0.3) is 5.91 Å². The van der Waals surface area contributed by atoms with E-state index in [4.69, 9.17) is 4.42 Å². The topological polar surface area (TPSA) is 47.2 Å². The van der Waals surface area contributed by atoms with Gasteiger partial charge in [-0.05, 0) is 25.8 Å². The average Bonchev–Trinajstić information content (AvgIpc) is 3.04. The summed E-state index contributed by atoms with van der Waals surface area (Å²) in [6.07, 6.45) is 0.916. The van der Waals surface area contributed by atoms with Crippen molar-refractivity contribution in [3.8, 4) is 0 Å². The van der Waals surface area contributed by atoms with Crippen LogP contribution in [0.2, 0.25) is 0 Å². The molecule has 0 saturated heterocycles. The number of nitrogens with one attached hydrogen (secondary N) is 1. The maximum absolute atomic E-state index is 12.4. The van der Waals surface area contributed by atoms with Gasteiger partial charge in [-0.2, -0.15) is 0 Å². The number of hydrogen-bond acceptors (Lipinski definition) is 2. The monoisotopic (exact) mass is 310 g/mol. The number of furan rings is 1. The number of fused-ring (bicyclic) bond motifs is 1. The van der Waals surface area contributed by atoms with E-state index in [0.29, 0.717) is 18.8 Å². The van der Waals surface area contributed by atoms with Crippen molar-refractivity contribution in [3.63, 3.8) is 0 Å². The van der Waals surface area contributed by atoms with Gasteiger partial charge in [-0.15, -0.1) is 0 Å². The lowest BCUT2D eigenvalue weighted by Crippen LogP contribution is -2.26. The molecule has 2 aromatic heterocycles. The summed E-state index contributed by atoms with van der Waals surface area (Å²) in [6, 6.07) is 12.2. The van der Waals surface area contributed by atoms with E-state index >= 15 is 0 Å². The zero-order valence-electron chi connectivity index (χ0n) is 13.8. The fourth-order valence-corrected chi connectivity index (χ4v) is 2.73. The molecule has 0 bridgehead atoms. The number of rotatable bonds is 5. The normalized spacial score (nSPS) is 11.1. The molecular weight excluding hydrogens is 288 g/mol. The molecule has 1 aromatic carbocycles. The standard InChI is InChI=1S/C19H22N2O2/c1-4-9-20-19(22)17-11-18-16(10-14(3)23-18)21(17)12-15-7-5-13(2)6-8-15/h5-8,10-11H,4,9,12H2,1-3H3,(H,20,22). The van der Waals surface area contributed by atoms with Crippen LogP contribution in [0, 0.1) is 13.8 Å². The third kappa shape index (κ3) is 3.16. The second-order valence-corrected chi connectivity index (χ2v) is 5.96. The van der Waals surface area contributed by atoms with E-state index in [1.54, 1.807) is 0 Å². The number of amides is 1. The molecule has 0 radical (unpaired) electrons. The van der Waals surface area contributed by atoms with Crippen molar-refractivity contribution in [2.24, 2.45) is 0 Å². The minimum Gasteiger partial charge on any atom is -0.460 e. The van der Waals surface area contributed by atoms with Gasteiger partial charge >= 0.3 is 0 Å². The summed E-state index contributed by atoms with van der Waals surface area (Å²) < 4.78 is 7.73. The van der Waals surface area contributed by atoms with Crippen LogP contribution in [0.3, 0.4) is 0 Å². The molecule has 1 amide bonds. The maximum atomic E-state index is 12.4. The molecule has 0 unspecified atom stereocenters. The lowest BCUT2D eigenvalue weighted by molar-refractivity contribution is 0.0945. The zero-order valence-corrected chi connectivity index (χ0v) is 13.8. The van der Waals surface area contributed by atoms with Crippen molar-refractivity contribution in [2.75, 3.05) is 6.54 Å². The first-order valence-corrected chi connectivity index (χ1v) is 8.02. The van der Waals surface area contributed by atoms with E-state index in [0.717, 1.165) is 28.8 Å². The first kappa shape index (κ1) is 15.4. The van der Waals surface area contributed by atoms with Crippen LogP contribution in [0.25, 0.3) is 11.1 Å². The summed E-state index contributed by atoms with van der Waals surface area (Å²) in [7, 11) is 0. The lowest BCUT2D eigenvalue weighted by atomic mass is 10.1. The molecule has 1 N–H and O–H groups in total. The van der Waals surface area contributed by atoms with Crippen LogP contribution < -0.4 is 5.32 Å². The van der Waals surface area contributed by atoms with Crippen LogP contribution in [0.4, 0.5) is 0 Å². The largest absolute Gasteiger partial charge is 0.460 e. The van der Waals surface area contributed by atoms with Crippen LogP contribution >= 0.6 is 0 Å². The molecular formula is C19H22N2O2. The highest BCUT2D eigenvalue weighted by atomic mass is 16.3. The van der Waals surface area contributed by atoms with Gasteiger partial charge in [0.05, 0.1) is 5.52 Å². The molecule has 0 aliphatic rings. The molecule has 0 spiro atoms. The van der Waals surface area contributed by atoms with E-state index in [1.165, 1.54) is 5.56 Å². The zero-order chi connectivity index (χ0) is 16.4. The Balaban J connectivity index is 2.00. The lowest BCUT2D eigenvalue weighted by Gasteiger charge is -2.10. The second-order valence-electron chi connectivity index (χ2n) is 5.96. The molecule has 4 heteroatoms. The summed E-state index contributed by atoms with van der Waals surface area (Å²) in [6.45, 7) is 7.36. The van der Waals surface area contributed by atoms with Gasteiger partial charge in [0.15, 0.2) is 5.58 Å². The maximum Gasteiger partial charge on any atom is 0.268 e. The molecule has 0 fully saturated rings. The first-order chi connectivity index (χ1) is 11.1. The SMILES string of the molecule is CCCNC(=O)c1cc2oc(C)cc2n1Cc1ccc(C)cc1. The van der Waals surface area contributed by atoms with Gasteiger partial charge < -0.3 is 14.3 Å². The fourth-order valence-electron chi connectivity index (χ4n) is 2.73. The minimum atomic E-state index is -0.0528. The Hall–Kier alpha value is -2.49. The number of nitrogens with zero attached hydrogens (tertiary/aromatic N) is 1.